The Morgan fingerprint density at radius 1 is 1.38 bits per heavy atom. The van der Waals surface area contributed by atoms with E-state index >= 15 is 0 Å². The highest BCUT2D eigenvalue weighted by molar-refractivity contribution is 14.1. The second-order valence-corrected chi connectivity index (χ2v) is 5.18. The van der Waals surface area contributed by atoms with Gasteiger partial charge in [0.25, 0.3) is 0 Å². The summed E-state index contributed by atoms with van der Waals surface area (Å²) in [5.74, 6) is 0. The van der Waals surface area contributed by atoms with Crippen molar-refractivity contribution >= 4 is 55.6 Å². The average Bonchev–Trinajstić information content (AvgIpc) is 2.47. The van der Waals surface area contributed by atoms with E-state index in [1.54, 1.807) is 0 Å². The van der Waals surface area contributed by atoms with Crippen molar-refractivity contribution in [1.29, 1.82) is 5.26 Å². The molecule has 0 spiro atoms. The quantitative estimate of drug-likeness (QED) is 0.673. The number of fused-ring (bicyclic) bond motifs is 1. The number of hydrogen-bond acceptors (Lipinski definition) is 2. The van der Waals surface area contributed by atoms with Gasteiger partial charge in [-0.1, -0.05) is 11.6 Å². The molecule has 0 saturated carbocycles. The van der Waals surface area contributed by atoms with Crippen LogP contribution < -0.4 is 0 Å². The molecular weight excluding hydrogens is 317 g/mol. The van der Waals surface area contributed by atoms with Crippen LogP contribution in [0.25, 0.3) is 10.1 Å². The molecule has 0 saturated heterocycles. The lowest BCUT2D eigenvalue weighted by Gasteiger charge is -1.93. The third kappa shape index (κ3) is 1.66. The second kappa shape index (κ2) is 3.45. The minimum Gasteiger partial charge on any atom is -0.192 e. The van der Waals surface area contributed by atoms with E-state index < -0.39 is 0 Å². The SMILES string of the molecule is N#Cc1cc2cc(Cl)cc(I)c2s1. The van der Waals surface area contributed by atoms with Crippen molar-refractivity contribution in [3.05, 3.63) is 31.7 Å². The summed E-state index contributed by atoms with van der Waals surface area (Å²) in [6.45, 7) is 0. The molecule has 0 unspecified atom stereocenters. The Labute approximate surface area is 98.1 Å². The van der Waals surface area contributed by atoms with Crippen LogP contribution in [0.3, 0.4) is 0 Å². The van der Waals surface area contributed by atoms with Gasteiger partial charge < -0.3 is 0 Å². The Morgan fingerprint density at radius 2 is 2.15 bits per heavy atom. The Kier molecular flexibility index (Phi) is 2.45. The van der Waals surface area contributed by atoms with Crippen LogP contribution in [0.5, 0.6) is 0 Å². The molecule has 2 rings (SSSR count). The van der Waals surface area contributed by atoms with Gasteiger partial charge in [0.05, 0.1) is 0 Å². The number of nitriles is 1. The third-order valence-electron chi connectivity index (χ3n) is 1.65. The van der Waals surface area contributed by atoms with Crippen molar-refractivity contribution in [1.82, 2.24) is 0 Å². The Bertz CT molecular complexity index is 512. The zero-order valence-electron chi connectivity index (χ0n) is 6.34. The minimum atomic E-state index is 0.721. The zero-order chi connectivity index (χ0) is 9.42. The maximum absolute atomic E-state index is 8.72. The summed E-state index contributed by atoms with van der Waals surface area (Å²) in [4.78, 5) is 0.732. The topological polar surface area (TPSA) is 23.8 Å². The summed E-state index contributed by atoms with van der Waals surface area (Å²) in [5, 5.41) is 10.5. The lowest BCUT2D eigenvalue weighted by Crippen LogP contribution is -1.70. The molecule has 1 nitrogen and oxygen atoms in total. The second-order valence-electron chi connectivity index (χ2n) is 2.53. The van der Waals surface area contributed by atoms with Gasteiger partial charge in [0.1, 0.15) is 10.9 Å². The molecule has 1 aromatic heterocycles. The number of nitrogens with zero attached hydrogens (tertiary/aromatic N) is 1. The summed E-state index contributed by atoms with van der Waals surface area (Å²) in [5.41, 5.74) is 0. The van der Waals surface area contributed by atoms with E-state index in [-0.39, 0.29) is 0 Å². The summed E-state index contributed by atoms with van der Waals surface area (Å²) in [7, 11) is 0. The van der Waals surface area contributed by atoms with Gasteiger partial charge in [-0.05, 0) is 46.2 Å². The summed E-state index contributed by atoms with van der Waals surface area (Å²) < 4.78 is 2.24. The first-order chi connectivity index (χ1) is 6.20. The van der Waals surface area contributed by atoms with Gasteiger partial charge in [0.15, 0.2) is 0 Å². The van der Waals surface area contributed by atoms with Crippen molar-refractivity contribution in [2.45, 2.75) is 0 Å². The molecule has 13 heavy (non-hydrogen) atoms. The first-order valence-electron chi connectivity index (χ1n) is 3.49. The predicted octanol–water partition coefficient (Wildman–Crippen LogP) is 4.03. The minimum absolute atomic E-state index is 0.721. The zero-order valence-corrected chi connectivity index (χ0v) is 10.1. The van der Waals surface area contributed by atoms with Gasteiger partial charge in [-0.3, -0.25) is 0 Å². The van der Waals surface area contributed by atoms with Crippen molar-refractivity contribution < 1.29 is 0 Å². The molecule has 0 aliphatic rings. The molecule has 0 radical (unpaired) electrons. The van der Waals surface area contributed by atoms with Crippen LogP contribution in [0, 0.1) is 14.9 Å². The molecule has 0 atom stereocenters. The maximum atomic E-state index is 8.72. The lowest BCUT2D eigenvalue weighted by atomic mass is 10.2. The Hall–Kier alpha value is -0.310. The highest BCUT2D eigenvalue weighted by atomic mass is 127. The molecule has 2 aromatic rings. The number of halogens is 2. The predicted molar refractivity (Wildman–Crippen MR) is 64.3 cm³/mol. The normalized spacial score (nSPS) is 10.2. The third-order valence-corrected chi connectivity index (χ3v) is 4.17. The smallest absolute Gasteiger partial charge is 0.110 e. The van der Waals surface area contributed by atoms with Crippen LogP contribution in [0.1, 0.15) is 4.88 Å². The Balaban J connectivity index is 2.84. The van der Waals surface area contributed by atoms with Crippen molar-refractivity contribution in [3.8, 4) is 6.07 Å². The van der Waals surface area contributed by atoms with E-state index in [2.05, 4.69) is 28.7 Å². The van der Waals surface area contributed by atoms with Crippen LogP contribution in [-0.2, 0) is 0 Å². The van der Waals surface area contributed by atoms with E-state index in [9.17, 15) is 0 Å². The van der Waals surface area contributed by atoms with Gasteiger partial charge in [-0.15, -0.1) is 11.3 Å². The molecule has 64 valence electrons. The first-order valence-corrected chi connectivity index (χ1v) is 5.77. The molecule has 0 amide bonds. The monoisotopic (exact) mass is 319 g/mol. The van der Waals surface area contributed by atoms with Crippen molar-refractivity contribution in [3.63, 3.8) is 0 Å². The summed E-state index contributed by atoms with van der Waals surface area (Å²) in [6.07, 6.45) is 0. The maximum Gasteiger partial charge on any atom is 0.110 e. The molecule has 0 aliphatic carbocycles. The molecular formula is C9H3ClINS. The van der Waals surface area contributed by atoms with E-state index in [1.807, 2.05) is 18.2 Å². The van der Waals surface area contributed by atoms with Crippen LogP contribution in [0.15, 0.2) is 18.2 Å². The molecule has 4 heteroatoms. The van der Waals surface area contributed by atoms with Gasteiger partial charge in [0, 0.05) is 13.3 Å². The number of benzene rings is 1. The molecule has 1 heterocycles. The van der Waals surface area contributed by atoms with Crippen molar-refractivity contribution in [2.75, 3.05) is 0 Å². The van der Waals surface area contributed by atoms with E-state index in [4.69, 9.17) is 16.9 Å². The number of hydrogen-bond donors (Lipinski definition) is 0. The molecule has 1 aromatic carbocycles. The lowest BCUT2D eigenvalue weighted by molar-refractivity contribution is 1.52. The van der Waals surface area contributed by atoms with E-state index in [0.29, 0.717) is 0 Å². The van der Waals surface area contributed by atoms with Crippen LogP contribution >= 0.6 is 45.5 Å². The number of thiophene rings is 1. The van der Waals surface area contributed by atoms with Gasteiger partial charge in [0.2, 0.25) is 0 Å². The fraction of sp³-hybridized carbons (Fsp3) is 0. The molecule has 0 bridgehead atoms. The Morgan fingerprint density at radius 3 is 2.85 bits per heavy atom. The highest BCUT2D eigenvalue weighted by Crippen LogP contribution is 2.31. The van der Waals surface area contributed by atoms with Gasteiger partial charge >= 0.3 is 0 Å². The van der Waals surface area contributed by atoms with Crippen LogP contribution in [-0.4, -0.2) is 0 Å². The molecule has 0 N–H and O–H groups in total. The molecule has 0 aliphatic heterocycles. The number of rotatable bonds is 0. The standard InChI is InChI=1S/C9H3ClINS/c10-6-1-5-2-7(4-12)13-9(5)8(11)3-6/h1-3H. The fourth-order valence-corrected chi connectivity index (χ4v) is 3.36. The van der Waals surface area contributed by atoms with Crippen LogP contribution in [0.4, 0.5) is 0 Å². The van der Waals surface area contributed by atoms with E-state index in [0.717, 1.165) is 23.6 Å². The highest BCUT2D eigenvalue weighted by Gasteiger charge is 2.05. The van der Waals surface area contributed by atoms with Crippen LogP contribution in [0.2, 0.25) is 5.02 Å². The largest absolute Gasteiger partial charge is 0.192 e. The summed E-state index contributed by atoms with van der Waals surface area (Å²) in [6, 6.07) is 7.79. The van der Waals surface area contributed by atoms with E-state index in [1.165, 1.54) is 11.3 Å². The van der Waals surface area contributed by atoms with Crippen molar-refractivity contribution in [2.24, 2.45) is 0 Å². The van der Waals surface area contributed by atoms with Gasteiger partial charge in [-0.25, -0.2) is 0 Å². The average molecular weight is 320 g/mol. The van der Waals surface area contributed by atoms with Gasteiger partial charge in [-0.2, -0.15) is 5.26 Å². The fourth-order valence-electron chi connectivity index (χ4n) is 1.13. The first kappa shape index (κ1) is 9.25. The molecule has 0 fully saturated rings. The summed E-state index contributed by atoms with van der Waals surface area (Å²) >= 11 is 9.63.